The molecule has 2 N–H and O–H groups in total. The van der Waals surface area contributed by atoms with Gasteiger partial charge in [-0.25, -0.2) is 0 Å². The van der Waals surface area contributed by atoms with Crippen molar-refractivity contribution in [3.05, 3.63) is 29.8 Å². The van der Waals surface area contributed by atoms with E-state index in [2.05, 4.69) is 57.9 Å². The molecule has 0 spiro atoms. The molecule has 1 amide bonds. The van der Waals surface area contributed by atoms with Crippen molar-refractivity contribution in [3.63, 3.8) is 0 Å². The van der Waals surface area contributed by atoms with Crippen molar-refractivity contribution in [1.29, 1.82) is 0 Å². The van der Waals surface area contributed by atoms with Crippen molar-refractivity contribution in [3.8, 4) is 0 Å². The molecule has 4 saturated carbocycles. The van der Waals surface area contributed by atoms with E-state index in [0.29, 0.717) is 23.9 Å². The van der Waals surface area contributed by atoms with Crippen LogP contribution < -0.4 is 10.6 Å². The van der Waals surface area contributed by atoms with Gasteiger partial charge in [-0.05, 0) is 117 Å². The summed E-state index contributed by atoms with van der Waals surface area (Å²) in [5, 5.41) is 15.8. The maximum absolute atomic E-state index is 13.1. The van der Waals surface area contributed by atoms with Gasteiger partial charge in [0.2, 0.25) is 0 Å². The predicted molar refractivity (Wildman–Crippen MR) is 163 cm³/mol. The van der Waals surface area contributed by atoms with Crippen LogP contribution in [0.25, 0.3) is 0 Å². The van der Waals surface area contributed by atoms with Crippen LogP contribution in [0.1, 0.15) is 95.3 Å². The fraction of sp³-hybridized carbons (Fsp3) is 0.774. The molecule has 4 nitrogen and oxygen atoms in total. The standard InChI is InChI=1S/C31H47INO3P/c1-20(33-27(34)21-7-9-22(37)10-8-21)24-6-5-14-28(2)25-13-17-31(32)18-30(35,19-36-4)16-12-26(31)23(25)11-15-29(24,28)3/h7-10,20,23-26,35H,5-6,11-19,37H2,1-4H3,(H,33,34)/t20-,23?,24?,25+,26+,28-,29+,30+,31-/m0/s1. The van der Waals surface area contributed by atoms with Crippen LogP contribution in [-0.2, 0) is 4.74 Å². The lowest BCUT2D eigenvalue weighted by molar-refractivity contribution is -0.177. The van der Waals surface area contributed by atoms with Gasteiger partial charge in [-0.1, -0.05) is 55.0 Å². The minimum absolute atomic E-state index is 0.0557. The number of hydrogen-bond acceptors (Lipinski definition) is 3. The summed E-state index contributed by atoms with van der Waals surface area (Å²) in [6.07, 6.45) is 11.7. The average molecular weight is 640 g/mol. The normalized spacial score (nSPS) is 44.2. The number of hydrogen-bond donors (Lipinski definition) is 2. The molecule has 0 saturated heterocycles. The van der Waals surface area contributed by atoms with Crippen LogP contribution >= 0.6 is 31.8 Å². The van der Waals surface area contributed by atoms with Gasteiger partial charge in [0.05, 0.1) is 12.2 Å². The number of nitrogens with one attached hydrogen (secondary N) is 1. The second kappa shape index (κ2) is 10.3. The Morgan fingerprint density at radius 2 is 1.78 bits per heavy atom. The summed E-state index contributed by atoms with van der Waals surface area (Å²) in [6, 6.07) is 8.00. The maximum atomic E-state index is 13.1. The van der Waals surface area contributed by atoms with Crippen molar-refractivity contribution >= 4 is 43.0 Å². The van der Waals surface area contributed by atoms with E-state index in [-0.39, 0.29) is 20.8 Å². The molecule has 1 aromatic carbocycles. The summed E-state index contributed by atoms with van der Waals surface area (Å²) in [6.45, 7) is 7.90. The second-order valence-electron chi connectivity index (χ2n) is 13.6. The number of carbonyl (C=O) groups is 1. The van der Waals surface area contributed by atoms with Crippen molar-refractivity contribution in [2.75, 3.05) is 13.7 Å². The van der Waals surface area contributed by atoms with Crippen LogP contribution in [0.5, 0.6) is 0 Å². The molecule has 4 aliphatic carbocycles. The highest BCUT2D eigenvalue weighted by molar-refractivity contribution is 14.1. The van der Waals surface area contributed by atoms with Crippen molar-refractivity contribution in [1.82, 2.24) is 5.32 Å². The lowest BCUT2D eigenvalue weighted by Gasteiger charge is -2.68. The molecule has 6 heteroatoms. The summed E-state index contributed by atoms with van der Waals surface area (Å²) in [5.41, 5.74) is 0.630. The van der Waals surface area contributed by atoms with E-state index in [1.165, 1.54) is 44.9 Å². The lowest BCUT2D eigenvalue weighted by atomic mass is 9.38. The largest absolute Gasteiger partial charge is 0.387 e. The molecule has 0 aliphatic heterocycles. The quantitative estimate of drug-likeness (QED) is 0.226. The molecule has 5 rings (SSSR count). The van der Waals surface area contributed by atoms with Crippen LogP contribution in [0.2, 0.25) is 0 Å². The fourth-order valence-corrected chi connectivity index (χ4v) is 11.9. The van der Waals surface area contributed by atoms with Gasteiger partial charge < -0.3 is 15.2 Å². The van der Waals surface area contributed by atoms with Gasteiger partial charge in [0.1, 0.15) is 0 Å². The van der Waals surface area contributed by atoms with Crippen LogP contribution in [0.3, 0.4) is 0 Å². The number of alkyl halides is 1. The molecule has 0 heterocycles. The summed E-state index contributed by atoms with van der Waals surface area (Å²) in [5.74, 6) is 2.75. The SMILES string of the molecule is COC[C@@]1(O)CC[C@@H]2C3CC[C@]4(C)C([C@H](C)NC(=O)c5ccc(P)cc5)CCC[C@@]4(C)[C@@H]3CC[C@]2(I)C1. The van der Waals surface area contributed by atoms with Crippen LogP contribution in [-0.4, -0.2) is 39.8 Å². The van der Waals surface area contributed by atoms with Gasteiger partial charge in [-0.2, -0.15) is 0 Å². The smallest absolute Gasteiger partial charge is 0.251 e. The number of carbonyl (C=O) groups excluding carboxylic acids is 1. The highest BCUT2D eigenvalue weighted by Crippen LogP contribution is 2.71. The van der Waals surface area contributed by atoms with E-state index < -0.39 is 5.60 Å². The highest BCUT2D eigenvalue weighted by atomic mass is 127. The fourth-order valence-electron chi connectivity index (χ4n) is 9.89. The van der Waals surface area contributed by atoms with Gasteiger partial charge in [0.25, 0.3) is 5.91 Å². The van der Waals surface area contributed by atoms with E-state index in [1.807, 2.05) is 24.3 Å². The molecule has 10 atom stereocenters. The molecule has 0 bridgehead atoms. The number of methoxy groups -OCH3 is 1. The van der Waals surface area contributed by atoms with E-state index in [0.717, 1.165) is 42.0 Å². The zero-order valence-electron chi connectivity index (χ0n) is 23.2. The summed E-state index contributed by atoms with van der Waals surface area (Å²) in [4.78, 5) is 13.1. The Labute approximate surface area is 240 Å². The van der Waals surface area contributed by atoms with Crippen LogP contribution in [0.4, 0.5) is 0 Å². The Morgan fingerprint density at radius 3 is 2.49 bits per heavy atom. The predicted octanol–water partition coefficient (Wildman–Crippen LogP) is 6.29. The van der Waals surface area contributed by atoms with Crippen LogP contribution in [0, 0.1) is 34.5 Å². The van der Waals surface area contributed by atoms with Gasteiger partial charge in [0, 0.05) is 22.1 Å². The Bertz CT molecular complexity index is 1000. The molecule has 206 valence electrons. The number of aliphatic hydroxyl groups is 1. The van der Waals surface area contributed by atoms with Crippen molar-refractivity contribution < 1.29 is 14.6 Å². The number of amides is 1. The van der Waals surface area contributed by atoms with E-state index in [9.17, 15) is 9.90 Å². The highest BCUT2D eigenvalue weighted by Gasteiger charge is 2.64. The first-order valence-electron chi connectivity index (χ1n) is 14.5. The minimum Gasteiger partial charge on any atom is -0.387 e. The number of rotatable bonds is 5. The third-order valence-corrected chi connectivity index (χ3v) is 13.9. The molecule has 4 aliphatic rings. The first-order chi connectivity index (χ1) is 17.4. The van der Waals surface area contributed by atoms with Crippen molar-refractivity contribution in [2.45, 2.75) is 100 Å². The van der Waals surface area contributed by atoms with Gasteiger partial charge in [0.15, 0.2) is 0 Å². The average Bonchev–Trinajstić information content (AvgIpc) is 2.83. The second-order valence-corrected chi connectivity index (χ2v) is 16.4. The Morgan fingerprint density at radius 1 is 1.08 bits per heavy atom. The summed E-state index contributed by atoms with van der Waals surface area (Å²) in [7, 11) is 4.40. The molecule has 3 unspecified atom stereocenters. The maximum Gasteiger partial charge on any atom is 0.251 e. The Balaban J connectivity index is 1.35. The van der Waals surface area contributed by atoms with Gasteiger partial charge in [-0.3, -0.25) is 4.79 Å². The zero-order valence-corrected chi connectivity index (χ0v) is 26.5. The molecule has 1 aromatic rings. The minimum atomic E-state index is -0.660. The molecule has 0 aromatic heterocycles. The molecular weight excluding hydrogens is 592 g/mol. The first-order valence-corrected chi connectivity index (χ1v) is 16.2. The molecule has 37 heavy (non-hydrogen) atoms. The van der Waals surface area contributed by atoms with E-state index in [4.69, 9.17) is 4.74 Å². The third-order valence-electron chi connectivity index (χ3n) is 11.8. The summed E-state index contributed by atoms with van der Waals surface area (Å²) >= 11 is 2.75. The topological polar surface area (TPSA) is 58.6 Å². The van der Waals surface area contributed by atoms with E-state index in [1.54, 1.807) is 7.11 Å². The van der Waals surface area contributed by atoms with Gasteiger partial charge >= 0.3 is 0 Å². The molecular formula is C31H47INO3P. The first kappa shape index (κ1) is 28.3. The third kappa shape index (κ3) is 4.84. The van der Waals surface area contributed by atoms with Gasteiger partial charge in [-0.15, -0.1) is 9.24 Å². The Kier molecular flexibility index (Phi) is 7.89. The summed E-state index contributed by atoms with van der Waals surface area (Å²) < 4.78 is 5.62. The van der Waals surface area contributed by atoms with Crippen LogP contribution in [0.15, 0.2) is 24.3 Å². The number of fused-ring (bicyclic) bond motifs is 5. The van der Waals surface area contributed by atoms with E-state index >= 15 is 0 Å². The zero-order chi connectivity index (χ0) is 26.6. The number of ether oxygens (including phenoxy) is 1. The lowest BCUT2D eigenvalue weighted by Crippen LogP contribution is -2.64. The number of halogens is 1. The molecule has 4 fully saturated rings. The number of benzene rings is 1. The van der Waals surface area contributed by atoms with Crippen molar-refractivity contribution in [2.24, 2.45) is 34.5 Å². The monoisotopic (exact) mass is 639 g/mol. The molecule has 0 radical (unpaired) electrons. The Hall–Kier alpha value is -0.230.